The van der Waals surface area contributed by atoms with Gasteiger partial charge in [0.25, 0.3) is 0 Å². The predicted molar refractivity (Wildman–Crippen MR) is 233 cm³/mol. The molecule has 2 amide bonds. The van der Waals surface area contributed by atoms with Crippen molar-refractivity contribution >= 4 is 75.4 Å². The van der Waals surface area contributed by atoms with E-state index in [2.05, 4.69) is 34.4 Å². The number of phosphoric acid groups is 3. The van der Waals surface area contributed by atoms with E-state index in [1.165, 1.54) is 46.0 Å². The fraction of sp³-hybridized carbons (Fsp3) is 0.750. The van der Waals surface area contributed by atoms with E-state index in [0.29, 0.717) is 18.6 Å². The number of thioether (sulfide) groups is 1. The summed E-state index contributed by atoms with van der Waals surface area (Å²) in [5, 5.41) is 26.6. The van der Waals surface area contributed by atoms with Gasteiger partial charge in [0.1, 0.15) is 42.5 Å². The molecule has 0 aliphatic carbocycles. The van der Waals surface area contributed by atoms with Crippen molar-refractivity contribution in [3.63, 3.8) is 0 Å². The SMILES string of the molecule is CC(C)(COP(=O)(O)OP(=O)(O)OC[C@H]1O[C@@H](n2cnc3c(N)ncnc32)[C@H](O)[C@@H]1OP(=O)(O)O)[C@@H](O)C(=O)NCCC(=O)NCCSC(=O)CCCCCCCCCCCCCC=O. The number of carbonyl (C=O) groups excluding carboxylic acids is 4. The number of aliphatic hydroxyl groups is 2. The molecule has 0 aromatic carbocycles. The molecule has 7 atom stereocenters. The van der Waals surface area contributed by atoms with Crippen molar-refractivity contribution in [2.75, 3.05) is 37.8 Å². The number of unbranched alkanes of at least 4 members (excludes halogenated alkanes) is 11. The molecule has 2 unspecified atom stereocenters. The zero-order valence-electron chi connectivity index (χ0n) is 36.3. The molecule has 370 valence electrons. The molecule has 29 heteroatoms. The Balaban J connectivity index is 1.32. The van der Waals surface area contributed by atoms with Crippen molar-refractivity contribution in [3.05, 3.63) is 12.7 Å². The van der Waals surface area contributed by atoms with Crippen LogP contribution in [0.3, 0.4) is 0 Å². The molecule has 1 saturated heterocycles. The monoisotopic (exact) mass is 1010 g/mol. The summed E-state index contributed by atoms with van der Waals surface area (Å²) in [6.07, 6.45) is 7.24. The molecular weight excluding hydrogens is 943 g/mol. The maximum Gasteiger partial charge on any atom is 0.481 e. The van der Waals surface area contributed by atoms with Gasteiger partial charge in [0.05, 0.1) is 19.5 Å². The molecule has 3 heterocycles. The number of nitrogens with one attached hydrogen (secondary N) is 2. The molecule has 25 nitrogen and oxygen atoms in total. The number of amides is 2. The third-order valence-corrected chi connectivity index (χ3v) is 14.0. The highest BCUT2D eigenvalue weighted by atomic mass is 32.2. The number of hydrogen-bond acceptors (Lipinski definition) is 19. The fourth-order valence-corrected chi connectivity index (χ4v) is 10.0. The van der Waals surface area contributed by atoms with Gasteiger partial charge >= 0.3 is 23.5 Å². The Kier molecular flexibility index (Phi) is 23.7. The molecule has 0 spiro atoms. The van der Waals surface area contributed by atoms with Gasteiger partial charge in [-0.05, 0) is 12.8 Å². The Labute approximate surface area is 380 Å². The lowest BCUT2D eigenvalue weighted by Crippen LogP contribution is -2.46. The number of anilines is 1. The highest BCUT2D eigenvalue weighted by Crippen LogP contribution is 2.61. The second-order valence-corrected chi connectivity index (χ2v) is 21.3. The number of nitrogens with zero attached hydrogens (tertiary/aromatic N) is 4. The second-order valence-electron chi connectivity index (χ2n) is 15.9. The van der Waals surface area contributed by atoms with Crippen molar-refractivity contribution in [2.45, 2.75) is 134 Å². The lowest BCUT2D eigenvalue weighted by Gasteiger charge is -2.30. The van der Waals surface area contributed by atoms with E-state index in [0.717, 1.165) is 73.8 Å². The molecule has 0 radical (unpaired) electrons. The average Bonchev–Trinajstić information content (AvgIpc) is 3.79. The van der Waals surface area contributed by atoms with E-state index in [1.54, 1.807) is 0 Å². The van der Waals surface area contributed by atoms with Crippen LogP contribution in [0.5, 0.6) is 0 Å². The van der Waals surface area contributed by atoms with Crippen LogP contribution in [0.25, 0.3) is 11.2 Å². The fourth-order valence-electron chi connectivity index (χ4n) is 6.46. The van der Waals surface area contributed by atoms with Crippen molar-refractivity contribution in [1.82, 2.24) is 30.2 Å². The number of aliphatic hydroxyl groups excluding tert-OH is 2. The highest BCUT2D eigenvalue weighted by Gasteiger charge is 2.50. The van der Waals surface area contributed by atoms with Crippen LogP contribution in [0.1, 0.15) is 110 Å². The molecular formula is C36H62N7O18P3S. The van der Waals surface area contributed by atoms with Crippen LogP contribution in [-0.4, -0.2) is 129 Å². The summed E-state index contributed by atoms with van der Waals surface area (Å²) in [6, 6.07) is 0. The second kappa shape index (κ2) is 27.3. The van der Waals surface area contributed by atoms with Crippen molar-refractivity contribution in [3.8, 4) is 0 Å². The molecule has 3 rings (SSSR count). The van der Waals surface area contributed by atoms with Gasteiger partial charge in [-0.2, -0.15) is 4.31 Å². The summed E-state index contributed by atoms with van der Waals surface area (Å²) in [4.78, 5) is 98.5. The molecule has 1 aliphatic rings. The minimum Gasteiger partial charge on any atom is -0.386 e. The van der Waals surface area contributed by atoms with Gasteiger partial charge < -0.3 is 55.7 Å². The Bertz CT molecular complexity index is 1990. The lowest BCUT2D eigenvalue weighted by molar-refractivity contribution is -0.137. The largest absolute Gasteiger partial charge is 0.481 e. The average molecular weight is 1010 g/mol. The normalized spacial score (nSPS) is 20.2. The van der Waals surface area contributed by atoms with E-state index >= 15 is 0 Å². The highest BCUT2D eigenvalue weighted by molar-refractivity contribution is 8.13. The zero-order chi connectivity index (χ0) is 48.3. The Hall–Kier alpha value is -2.77. The molecule has 65 heavy (non-hydrogen) atoms. The van der Waals surface area contributed by atoms with Gasteiger partial charge in [-0.1, -0.05) is 83.4 Å². The molecule has 1 fully saturated rings. The standard InChI is InChI=1S/C36H62N7O18P3S/c1-36(2,31(48)34(49)39-17-16-26(45)38-18-20-65-27(46)15-13-11-9-7-5-3-4-6-8-10-12-14-19-44)22-58-64(55,56)61-63(53,54)57-21-25-30(60-62(50,51)52)29(47)35(59-25)43-24-42-28-32(37)40-23-41-33(28)43/h19,23-25,29-31,35,47-48H,3-18,20-22H2,1-2H3,(H,38,45)(H,39,49)(H,53,54)(H,55,56)(H2,37,40,41)(H2,50,51,52)/t25-,29-,30-,31+,35-/m1/s1. The first-order valence-electron chi connectivity index (χ1n) is 21.0. The molecule has 0 bridgehead atoms. The number of fused-ring (bicyclic) bond motifs is 1. The van der Waals surface area contributed by atoms with Crippen LogP contribution < -0.4 is 16.4 Å². The van der Waals surface area contributed by atoms with Gasteiger partial charge in [-0.3, -0.25) is 32.5 Å². The van der Waals surface area contributed by atoms with Crippen LogP contribution in [-0.2, 0) is 55.5 Å². The first-order chi connectivity index (χ1) is 30.6. The number of rotatable bonds is 33. The van der Waals surface area contributed by atoms with Crippen LogP contribution in [0, 0.1) is 5.41 Å². The summed E-state index contributed by atoms with van der Waals surface area (Å²) in [6.45, 7) is 0.530. The van der Waals surface area contributed by atoms with Gasteiger partial charge in [-0.25, -0.2) is 28.6 Å². The summed E-state index contributed by atoms with van der Waals surface area (Å²) in [7, 11) is -16.4. The topological polar surface area (TPSA) is 381 Å². The molecule has 1 aliphatic heterocycles. The number of imidazole rings is 1. The number of aldehydes is 1. The molecule has 0 saturated carbocycles. The number of phosphoric ester groups is 3. The molecule has 10 N–H and O–H groups in total. The lowest BCUT2D eigenvalue weighted by atomic mass is 9.87. The smallest absolute Gasteiger partial charge is 0.386 e. The number of nitrogens with two attached hydrogens (primary N) is 1. The van der Waals surface area contributed by atoms with E-state index in [9.17, 15) is 62.7 Å². The summed E-state index contributed by atoms with van der Waals surface area (Å²) in [5.41, 5.74) is 4.27. The van der Waals surface area contributed by atoms with Gasteiger partial charge in [0.15, 0.2) is 22.8 Å². The van der Waals surface area contributed by atoms with Crippen molar-refractivity contribution < 1.29 is 85.3 Å². The minimum atomic E-state index is -5.58. The van der Waals surface area contributed by atoms with E-state index in [1.807, 2.05) is 0 Å². The quantitative estimate of drug-likeness (QED) is 0.0282. The van der Waals surface area contributed by atoms with Gasteiger partial charge in [0, 0.05) is 43.5 Å². The van der Waals surface area contributed by atoms with Crippen molar-refractivity contribution in [2.24, 2.45) is 5.41 Å². The van der Waals surface area contributed by atoms with Crippen LogP contribution in [0.4, 0.5) is 5.82 Å². The van der Waals surface area contributed by atoms with Gasteiger partial charge in [0.2, 0.25) is 11.8 Å². The first-order valence-corrected chi connectivity index (χ1v) is 26.5. The van der Waals surface area contributed by atoms with Crippen LogP contribution in [0.2, 0.25) is 0 Å². The predicted octanol–water partition coefficient (Wildman–Crippen LogP) is 2.93. The number of aromatic nitrogens is 4. The third-order valence-electron chi connectivity index (χ3n) is 9.97. The van der Waals surface area contributed by atoms with E-state index in [4.69, 9.17) is 19.5 Å². The maximum atomic E-state index is 12.7. The van der Waals surface area contributed by atoms with E-state index in [-0.39, 0.29) is 41.6 Å². The Morgan fingerprint density at radius 2 is 1.52 bits per heavy atom. The maximum absolute atomic E-state index is 12.7. The molecule has 2 aromatic heterocycles. The zero-order valence-corrected chi connectivity index (χ0v) is 39.8. The number of nitrogen functional groups attached to an aromatic ring is 1. The number of ether oxygens (including phenoxy) is 1. The molecule has 2 aromatic rings. The van der Waals surface area contributed by atoms with Crippen LogP contribution >= 0.6 is 35.2 Å². The number of carbonyl (C=O) groups is 4. The van der Waals surface area contributed by atoms with Crippen LogP contribution in [0.15, 0.2) is 12.7 Å². The van der Waals surface area contributed by atoms with Crippen molar-refractivity contribution in [1.29, 1.82) is 0 Å². The van der Waals surface area contributed by atoms with Gasteiger partial charge in [-0.15, -0.1) is 0 Å². The summed E-state index contributed by atoms with van der Waals surface area (Å²) >= 11 is 1.14. The Morgan fingerprint density at radius 3 is 2.15 bits per heavy atom. The number of hydrogen-bond donors (Lipinski definition) is 9. The third kappa shape index (κ3) is 20.6. The first kappa shape index (κ1) is 56.6. The summed E-state index contributed by atoms with van der Waals surface area (Å²) in [5.74, 6) is -1.06. The Morgan fingerprint density at radius 1 is 0.908 bits per heavy atom. The summed E-state index contributed by atoms with van der Waals surface area (Å²) < 4.78 is 62.3. The van der Waals surface area contributed by atoms with E-state index < -0.39 is 84.6 Å². The minimum absolute atomic E-state index is 0.0301.